The molecular formula is C15H22N2O3. The van der Waals surface area contributed by atoms with Crippen molar-refractivity contribution >= 4 is 11.7 Å². The zero-order valence-electron chi connectivity index (χ0n) is 12.1. The zero-order chi connectivity index (χ0) is 14.5. The van der Waals surface area contributed by atoms with Crippen LogP contribution in [0, 0.1) is 5.92 Å². The molecule has 1 saturated heterocycles. The topological polar surface area (TPSA) is 53.0 Å². The Morgan fingerprint density at radius 2 is 1.85 bits per heavy atom. The predicted octanol–water partition coefficient (Wildman–Crippen LogP) is 1.54. The van der Waals surface area contributed by atoms with Gasteiger partial charge in [-0.3, -0.25) is 9.69 Å². The van der Waals surface area contributed by atoms with Gasteiger partial charge < -0.3 is 14.7 Å². The van der Waals surface area contributed by atoms with E-state index in [1.54, 1.807) is 14.0 Å². The minimum atomic E-state index is -0.720. The Kier molecular flexibility index (Phi) is 4.84. The molecular weight excluding hydrogens is 256 g/mol. The molecule has 1 aromatic rings. The van der Waals surface area contributed by atoms with Crippen molar-refractivity contribution in [2.75, 3.05) is 44.7 Å². The van der Waals surface area contributed by atoms with Crippen molar-refractivity contribution < 1.29 is 14.6 Å². The lowest BCUT2D eigenvalue weighted by Crippen LogP contribution is -2.48. The van der Waals surface area contributed by atoms with E-state index in [4.69, 9.17) is 9.84 Å². The highest BCUT2D eigenvalue weighted by atomic mass is 16.5. The smallest absolute Gasteiger partial charge is 0.307 e. The van der Waals surface area contributed by atoms with Crippen LogP contribution in [0.15, 0.2) is 24.3 Å². The molecule has 2 rings (SSSR count). The number of benzene rings is 1. The van der Waals surface area contributed by atoms with Gasteiger partial charge in [0.05, 0.1) is 13.0 Å². The van der Waals surface area contributed by atoms with Gasteiger partial charge in [0.2, 0.25) is 0 Å². The number of piperazine rings is 1. The second-order valence-corrected chi connectivity index (χ2v) is 5.22. The summed E-state index contributed by atoms with van der Waals surface area (Å²) in [5.74, 6) is -0.159. The molecule has 1 aliphatic heterocycles. The van der Waals surface area contributed by atoms with Gasteiger partial charge in [0.25, 0.3) is 0 Å². The molecule has 0 saturated carbocycles. The van der Waals surface area contributed by atoms with Crippen molar-refractivity contribution in [1.82, 2.24) is 4.90 Å². The fourth-order valence-corrected chi connectivity index (χ4v) is 2.45. The first-order valence-corrected chi connectivity index (χ1v) is 6.94. The summed E-state index contributed by atoms with van der Waals surface area (Å²) in [7, 11) is 1.66. The zero-order valence-corrected chi connectivity index (χ0v) is 12.1. The maximum Gasteiger partial charge on any atom is 0.307 e. The van der Waals surface area contributed by atoms with Crippen LogP contribution < -0.4 is 9.64 Å². The fraction of sp³-hybridized carbons (Fsp3) is 0.533. The SMILES string of the molecule is COc1ccc(N2CCN(CC(C)C(=O)O)CC2)cc1. The van der Waals surface area contributed by atoms with E-state index in [-0.39, 0.29) is 5.92 Å². The molecule has 0 amide bonds. The minimum Gasteiger partial charge on any atom is -0.497 e. The van der Waals surface area contributed by atoms with Gasteiger partial charge in [0, 0.05) is 38.4 Å². The number of hydrogen-bond donors (Lipinski definition) is 1. The first kappa shape index (κ1) is 14.7. The highest BCUT2D eigenvalue weighted by Gasteiger charge is 2.21. The number of anilines is 1. The van der Waals surface area contributed by atoms with Crippen molar-refractivity contribution in [2.45, 2.75) is 6.92 Å². The minimum absolute atomic E-state index is 0.303. The van der Waals surface area contributed by atoms with E-state index in [1.165, 1.54) is 5.69 Å². The van der Waals surface area contributed by atoms with Gasteiger partial charge in [-0.2, -0.15) is 0 Å². The Hall–Kier alpha value is -1.75. The summed E-state index contributed by atoms with van der Waals surface area (Å²) < 4.78 is 5.16. The third-order valence-electron chi connectivity index (χ3n) is 3.76. The lowest BCUT2D eigenvalue weighted by molar-refractivity contribution is -0.141. The number of carboxylic acid groups (broad SMARTS) is 1. The Balaban J connectivity index is 1.85. The Morgan fingerprint density at radius 3 is 2.35 bits per heavy atom. The standard InChI is InChI=1S/C15H22N2O3/c1-12(15(18)19)11-16-7-9-17(10-8-16)13-3-5-14(20-2)6-4-13/h3-6,12H,7-11H2,1-2H3,(H,18,19). The number of carbonyl (C=O) groups is 1. The highest BCUT2D eigenvalue weighted by Crippen LogP contribution is 2.20. The number of nitrogens with zero attached hydrogens (tertiary/aromatic N) is 2. The van der Waals surface area contributed by atoms with Crippen LogP contribution in [-0.4, -0.2) is 55.8 Å². The predicted molar refractivity (Wildman–Crippen MR) is 78.4 cm³/mol. The van der Waals surface area contributed by atoms with Crippen molar-refractivity contribution in [3.63, 3.8) is 0 Å². The van der Waals surface area contributed by atoms with Crippen LogP contribution in [-0.2, 0) is 4.79 Å². The molecule has 0 aromatic heterocycles. The monoisotopic (exact) mass is 278 g/mol. The van der Waals surface area contributed by atoms with Crippen LogP contribution in [0.5, 0.6) is 5.75 Å². The van der Waals surface area contributed by atoms with Crippen molar-refractivity contribution in [1.29, 1.82) is 0 Å². The summed E-state index contributed by atoms with van der Waals surface area (Å²) in [4.78, 5) is 15.4. The van der Waals surface area contributed by atoms with Crippen molar-refractivity contribution in [2.24, 2.45) is 5.92 Å². The van der Waals surface area contributed by atoms with E-state index in [2.05, 4.69) is 21.9 Å². The molecule has 0 aliphatic carbocycles. The molecule has 1 aliphatic rings. The number of carboxylic acids is 1. The van der Waals surface area contributed by atoms with Crippen LogP contribution in [0.2, 0.25) is 0 Å². The number of rotatable bonds is 5. The molecule has 1 heterocycles. The van der Waals surface area contributed by atoms with E-state index in [9.17, 15) is 4.79 Å². The summed E-state index contributed by atoms with van der Waals surface area (Å²) in [6.45, 7) is 6.06. The van der Waals surface area contributed by atoms with Gasteiger partial charge in [-0.25, -0.2) is 0 Å². The van der Waals surface area contributed by atoms with Gasteiger partial charge in [-0.05, 0) is 24.3 Å². The molecule has 0 bridgehead atoms. The summed E-state index contributed by atoms with van der Waals surface area (Å²) >= 11 is 0. The first-order valence-electron chi connectivity index (χ1n) is 6.94. The average Bonchev–Trinajstić information content (AvgIpc) is 2.48. The highest BCUT2D eigenvalue weighted by molar-refractivity contribution is 5.69. The van der Waals surface area contributed by atoms with Gasteiger partial charge in [0.15, 0.2) is 0 Å². The van der Waals surface area contributed by atoms with Crippen LogP contribution in [0.1, 0.15) is 6.92 Å². The van der Waals surface area contributed by atoms with Gasteiger partial charge in [-0.15, -0.1) is 0 Å². The summed E-state index contributed by atoms with van der Waals surface area (Å²) in [5.41, 5.74) is 1.19. The third-order valence-corrected chi connectivity index (χ3v) is 3.76. The van der Waals surface area contributed by atoms with Gasteiger partial charge in [0.1, 0.15) is 5.75 Å². The third kappa shape index (κ3) is 3.63. The molecule has 1 atom stereocenters. The average molecular weight is 278 g/mol. The Bertz CT molecular complexity index is 439. The van der Waals surface area contributed by atoms with E-state index in [0.717, 1.165) is 31.9 Å². The normalized spacial score (nSPS) is 17.8. The second kappa shape index (κ2) is 6.61. The number of aliphatic carboxylic acids is 1. The molecule has 5 heteroatoms. The van der Waals surface area contributed by atoms with Crippen LogP contribution in [0.3, 0.4) is 0 Å². The van der Waals surface area contributed by atoms with Crippen molar-refractivity contribution in [3.05, 3.63) is 24.3 Å². The van der Waals surface area contributed by atoms with Crippen LogP contribution in [0.25, 0.3) is 0 Å². The molecule has 1 fully saturated rings. The summed E-state index contributed by atoms with van der Waals surface area (Å²) in [6.07, 6.45) is 0. The van der Waals surface area contributed by atoms with Crippen LogP contribution >= 0.6 is 0 Å². The lowest BCUT2D eigenvalue weighted by Gasteiger charge is -2.36. The molecule has 0 radical (unpaired) electrons. The molecule has 1 N–H and O–H groups in total. The lowest BCUT2D eigenvalue weighted by atomic mass is 10.1. The van der Waals surface area contributed by atoms with Gasteiger partial charge >= 0.3 is 5.97 Å². The molecule has 5 nitrogen and oxygen atoms in total. The molecule has 20 heavy (non-hydrogen) atoms. The maximum atomic E-state index is 10.9. The quantitative estimate of drug-likeness (QED) is 0.885. The van der Waals surface area contributed by atoms with Crippen molar-refractivity contribution in [3.8, 4) is 5.75 Å². The summed E-state index contributed by atoms with van der Waals surface area (Å²) in [5, 5.41) is 8.94. The molecule has 0 spiro atoms. The second-order valence-electron chi connectivity index (χ2n) is 5.22. The number of ether oxygens (including phenoxy) is 1. The van der Waals surface area contributed by atoms with E-state index in [1.807, 2.05) is 12.1 Å². The molecule has 110 valence electrons. The van der Waals surface area contributed by atoms with Crippen LogP contribution in [0.4, 0.5) is 5.69 Å². The number of methoxy groups -OCH3 is 1. The Morgan fingerprint density at radius 1 is 1.25 bits per heavy atom. The largest absolute Gasteiger partial charge is 0.497 e. The fourth-order valence-electron chi connectivity index (χ4n) is 2.45. The number of hydrogen-bond acceptors (Lipinski definition) is 4. The first-order chi connectivity index (χ1) is 9.60. The molecule has 1 unspecified atom stereocenters. The Labute approximate surface area is 119 Å². The summed E-state index contributed by atoms with van der Waals surface area (Å²) in [6, 6.07) is 8.06. The maximum absolute atomic E-state index is 10.9. The van der Waals surface area contributed by atoms with Gasteiger partial charge in [-0.1, -0.05) is 6.92 Å². The van der Waals surface area contributed by atoms with E-state index >= 15 is 0 Å². The van der Waals surface area contributed by atoms with E-state index in [0.29, 0.717) is 6.54 Å². The van der Waals surface area contributed by atoms with E-state index < -0.39 is 5.97 Å². The molecule has 1 aromatic carbocycles.